The van der Waals surface area contributed by atoms with E-state index in [4.69, 9.17) is 4.43 Å². The highest BCUT2D eigenvalue weighted by molar-refractivity contribution is 9.10. The summed E-state index contributed by atoms with van der Waals surface area (Å²) in [6.07, 6.45) is 4.43. The maximum absolute atomic E-state index is 12.5. The van der Waals surface area contributed by atoms with Gasteiger partial charge in [-0.3, -0.25) is 4.79 Å². The molecule has 0 atom stereocenters. The monoisotopic (exact) mass is 425 g/mol. The van der Waals surface area contributed by atoms with Crippen LogP contribution in [0.25, 0.3) is 0 Å². The van der Waals surface area contributed by atoms with Crippen molar-refractivity contribution in [3.8, 4) is 0 Å². The molecule has 0 unspecified atom stereocenters. The lowest BCUT2D eigenvalue weighted by molar-refractivity contribution is 0.0880. The number of aryl methyl sites for hydroxylation is 1. The Bertz CT molecular complexity index is 617. The Balaban J connectivity index is 1.86. The zero-order chi connectivity index (χ0) is 18.8. The predicted molar refractivity (Wildman–Crippen MR) is 111 cm³/mol. The van der Waals surface area contributed by atoms with Gasteiger partial charge < -0.3 is 9.74 Å². The molecule has 1 aromatic rings. The number of benzene rings is 1. The molecule has 0 saturated heterocycles. The summed E-state index contributed by atoms with van der Waals surface area (Å²) in [6.45, 7) is 13.5. The number of rotatable bonds is 4. The normalized spacial score (nSPS) is 21.9. The van der Waals surface area contributed by atoms with E-state index in [1.165, 1.54) is 0 Å². The van der Waals surface area contributed by atoms with Gasteiger partial charge in [-0.05, 0) is 74.5 Å². The molecule has 1 N–H and O–H groups in total. The zero-order valence-corrected chi connectivity index (χ0v) is 19.0. The molecule has 1 amide bonds. The molecule has 0 aliphatic heterocycles. The van der Waals surface area contributed by atoms with Gasteiger partial charge in [0.15, 0.2) is 8.32 Å². The SMILES string of the molecule is Cc1cc(C(=O)NC2CCC(O[Si](C)(C)C(C)(C)C)CC2)ccc1Br. The molecule has 3 nitrogen and oxygen atoms in total. The number of amides is 1. The molecule has 1 saturated carbocycles. The molecule has 0 bridgehead atoms. The molecule has 2 rings (SSSR count). The van der Waals surface area contributed by atoms with Crippen molar-refractivity contribution in [3.63, 3.8) is 0 Å². The summed E-state index contributed by atoms with van der Waals surface area (Å²) >= 11 is 3.48. The molecule has 140 valence electrons. The zero-order valence-electron chi connectivity index (χ0n) is 16.4. The number of hydrogen-bond acceptors (Lipinski definition) is 2. The van der Waals surface area contributed by atoms with Crippen molar-refractivity contribution in [1.29, 1.82) is 0 Å². The average Bonchev–Trinajstić information content (AvgIpc) is 2.50. The maximum Gasteiger partial charge on any atom is 0.251 e. The van der Waals surface area contributed by atoms with Crippen molar-refractivity contribution >= 4 is 30.2 Å². The fourth-order valence-corrected chi connectivity index (χ4v) is 4.64. The van der Waals surface area contributed by atoms with Gasteiger partial charge in [-0.25, -0.2) is 0 Å². The van der Waals surface area contributed by atoms with Crippen LogP contribution in [-0.2, 0) is 4.43 Å². The number of hydrogen-bond donors (Lipinski definition) is 1. The molecule has 0 radical (unpaired) electrons. The molecule has 1 aliphatic rings. The van der Waals surface area contributed by atoms with E-state index in [-0.39, 0.29) is 17.0 Å². The van der Waals surface area contributed by atoms with Gasteiger partial charge in [0.2, 0.25) is 0 Å². The lowest BCUT2D eigenvalue weighted by Crippen LogP contribution is -2.46. The highest BCUT2D eigenvalue weighted by Crippen LogP contribution is 2.39. The fourth-order valence-electron chi connectivity index (χ4n) is 2.97. The van der Waals surface area contributed by atoms with E-state index in [2.05, 4.69) is 55.1 Å². The van der Waals surface area contributed by atoms with E-state index in [9.17, 15) is 4.79 Å². The third kappa shape index (κ3) is 5.41. The highest BCUT2D eigenvalue weighted by atomic mass is 79.9. The summed E-state index contributed by atoms with van der Waals surface area (Å²) in [6, 6.07) is 6.01. The van der Waals surface area contributed by atoms with E-state index < -0.39 is 8.32 Å². The van der Waals surface area contributed by atoms with Crippen LogP contribution in [0.15, 0.2) is 22.7 Å². The van der Waals surface area contributed by atoms with Gasteiger partial charge in [0, 0.05) is 22.2 Å². The summed E-state index contributed by atoms with van der Waals surface area (Å²) in [5.41, 5.74) is 1.82. The Kier molecular flexibility index (Phi) is 6.55. The number of carbonyl (C=O) groups is 1. The molecule has 0 aromatic heterocycles. The molecule has 5 heteroatoms. The second-order valence-corrected chi connectivity index (χ2v) is 14.4. The van der Waals surface area contributed by atoms with E-state index in [1.54, 1.807) is 0 Å². The van der Waals surface area contributed by atoms with Gasteiger partial charge in [0.05, 0.1) is 0 Å². The van der Waals surface area contributed by atoms with Crippen LogP contribution in [0.3, 0.4) is 0 Å². The van der Waals surface area contributed by atoms with Gasteiger partial charge in [-0.1, -0.05) is 36.7 Å². The molecule has 1 fully saturated rings. The van der Waals surface area contributed by atoms with Crippen molar-refractivity contribution in [2.24, 2.45) is 0 Å². The summed E-state index contributed by atoms with van der Waals surface area (Å²) in [5.74, 6) is 0.0318. The first-order valence-corrected chi connectivity index (χ1v) is 12.9. The lowest BCUT2D eigenvalue weighted by Gasteiger charge is -2.41. The summed E-state index contributed by atoms with van der Waals surface area (Å²) < 4.78 is 7.57. The van der Waals surface area contributed by atoms with Crippen LogP contribution in [0.2, 0.25) is 18.1 Å². The van der Waals surface area contributed by atoms with Crippen molar-refractivity contribution < 1.29 is 9.22 Å². The van der Waals surface area contributed by atoms with Crippen molar-refractivity contribution in [1.82, 2.24) is 5.32 Å². The second-order valence-electron chi connectivity index (χ2n) is 8.79. The Morgan fingerprint density at radius 1 is 1.20 bits per heavy atom. The molecular formula is C20H32BrNO2Si. The molecule has 25 heavy (non-hydrogen) atoms. The van der Waals surface area contributed by atoms with Crippen LogP contribution in [-0.4, -0.2) is 26.4 Å². The van der Waals surface area contributed by atoms with Crippen LogP contribution in [0.4, 0.5) is 0 Å². The Morgan fingerprint density at radius 2 is 1.80 bits per heavy atom. The molecular weight excluding hydrogens is 394 g/mol. The van der Waals surface area contributed by atoms with Gasteiger partial charge >= 0.3 is 0 Å². The van der Waals surface area contributed by atoms with E-state index in [0.29, 0.717) is 6.10 Å². The molecule has 1 aromatic carbocycles. The third-order valence-corrected chi connectivity index (χ3v) is 11.1. The third-order valence-electron chi connectivity index (χ3n) is 5.70. The van der Waals surface area contributed by atoms with Crippen molar-refractivity contribution in [2.45, 2.75) is 83.7 Å². The smallest absolute Gasteiger partial charge is 0.251 e. The van der Waals surface area contributed by atoms with Crippen LogP contribution < -0.4 is 5.32 Å². The number of halogens is 1. The summed E-state index contributed by atoms with van der Waals surface area (Å²) in [5, 5.41) is 3.44. The highest BCUT2D eigenvalue weighted by Gasteiger charge is 2.39. The number of carbonyl (C=O) groups excluding carboxylic acids is 1. The molecule has 1 aliphatic carbocycles. The Labute approximate surface area is 162 Å². The van der Waals surface area contributed by atoms with E-state index in [1.807, 2.05) is 25.1 Å². The van der Waals surface area contributed by atoms with Crippen LogP contribution in [0, 0.1) is 6.92 Å². The Morgan fingerprint density at radius 3 is 2.32 bits per heavy atom. The minimum Gasteiger partial charge on any atom is -0.414 e. The van der Waals surface area contributed by atoms with Gasteiger partial charge in [0.25, 0.3) is 5.91 Å². The minimum absolute atomic E-state index is 0.0318. The summed E-state index contributed by atoms with van der Waals surface area (Å²) in [4.78, 5) is 12.5. The predicted octanol–water partition coefficient (Wildman–Crippen LogP) is 5.82. The van der Waals surface area contributed by atoms with E-state index >= 15 is 0 Å². The van der Waals surface area contributed by atoms with Crippen LogP contribution in [0.1, 0.15) is 62.4 Å². The standard InChI is InChI=1S/C20H32BrNO2Si/c1-14-13-15(7-12-18(14)21)19(23)22-16-8-10-17(11-9-16)24-25(5,6)20(2,3)4/h7,12-13,16-17H,8-11H2,1-6H3,(H,22,23). The van der Waals surface area contributed by atoms with Crippen LogP contribution in [0.5, 0.6) is 0 Å². The van der Waals surface area contributed by atoms with Crippen molar-refractivity contribution in [2.75, 3.05) is 0 Å². The first kappa shape index (κ1) is 20.7. The van der Waals surface area contributed by atoms with Gasteiger partial charge in [-0.2, -0.15) is 0 Å². The van der Waals surface area contributed by atoms with Crippen molar-refractivity contribution in [3.05, 3.63) is 33.8 Å². The summed E-state index contributed by atoms with van der Waals surface area (Å²) in [7, 11) is -1.70. The minimum atomic E-state index is -1.70. The average molecular weight is 426 g/mol. The fraction of sp³-hybridized carbons (Fsp3) is 0.650. The number of nitrogens with one attached hydrogen (secondary N) is 1. The first-order valence-electron chi connectivity index (χ1n) is 9.24. The maximum atomic E-state index is 12.5. The van der Waals surface area contributed by atoms with Crippen LogP contribution >= 0.6 is 15.9 Å². The molecule has 0 spiro atoms. The molecule has 0 heterocycles. The van der Waals surface area contributed by atoms with E-state index in [0.717, 1.165) is 41.3 Å². The first-order chi connectivity index (χ1) is 11.5. The van der Waals surface area contributed by atoms with Gasteiger partial charge in [0.1, 0.15) is 0 Å². The second kappa shape index (κ2) is 7.93. The Hall–Kier alpha value is -0.653. The lowest BCUT2D eigenvalue weighted by atomic mass is 9.93. The quantitative estimate of drug-likeness (QED) is 0.616. The largest absolute Gasteiger partial charge is 0.414 e. The topological polar surface area (TPSA) is 38.3 Å². The van der Waals surface area contributed by atoms with Gasteiger partial charge in [-0.15, -0.1) is 0 Å².